The minimum Gasteiger partial charge on any atom is -0.303 e. The van der Waals surface area contributed by atoms with Crippen molar-refractivity contribution in [1.82, 2.24) is 9.38 Å². The van der Waals surface area contributed by atoms with Crippen molar-refractivity contribution in [3.05, 3.63) is 71.3 Å². The van der Waals surface area contributed by atoms with E-state index in [9.17, 15) is 18.0 Å². The van der Waals surface area contributed by atoms with Crippen molar-refractivity contribution in [2.24, 2.45) is 0 Å². The molecule has 0 amide bonds. The molecule has 0 aliphatic carbocycles. The first-order chi connectivity index (χ1) is 10.5. The zero-order chi connectivity index (χ0) is 15.7. The largest absolute Gasteiger partial charge is 0.416 e. The van der Waals surface area contributed by atoms with Crippen molar-refractivity contribution in [3.63, 3.8) is 0 Å². The van der Waals surface area contributed by atoms with Gasteiger partial charge in [0, 0.05) is 18.2 Å². The highest BCUT2D eigenvalue weighted by Gasteiger charge is 2.33. The summed E-state index contributed by atoms with van der Waals surface area (Å²) in [5, 5.41) is 0. The molecule has 22 heavy (non-hydrogen) atoms. The number of hydrogen-bond donors (Lipinski definition) is 0. The molecule has 6 heteroatoms. The monoisotopic (exact) mass is 304 g/mol. The number of benzene rings is 1. The molecule has 0 aliphatic rings. The number of nitrogens with zero attached hydrogens (tertiary/aromatic N) is 2. The highest BCUT2D eigenvalue weighted by atomic mass is 19.4. The lowest BCUT2D eigenvalue weighted by molar-refractivity contribution is -0.138. The maximum atomic E-state index is 13.0. The second-order valence-electron chi connectivity index (χ2n) is 4.88. The molecule has 0 radical (unpaired) electrons. The lowest BCUT2D eigenvalue weighted by Gasteiger charge is -2.12. The van der Waals surface area contributed by atoms with Crippen LogP contribution in [0.15, 0.2) is 48.8 Å². The van der Waals surface area contributed by atoms with Crippen LogP contribution in [-0.4, -0.2) is 15.7 Å². The first-order valence-electron chi connectivity index (χ1n) is 6.55. The summed E-state index contributed by atoms with van der Waals surface area (Å²) in [6.07, 6.45) is -0.544. The second kappa shape index (κ2) is 5.29. The summed E-state index contributed by atoms with van der Waals surface area (Å²) < 4.78 is 40.7. The number of halogens is 3. The fraction of sp³-hybridized carbons (Fsp3) is 0.125. The van der Waals surface area contributed by atoms with E-state index >= 15 is 0 Å². The molecular weight excluding hydrogens is 293 g/mol. The Balaban J connectivity index is 2.06. The number of rotatable bonds is 3. The molecule has 0 N–H and O–H groups in total. The molecule has 0 atom stereocenters. The van der Waals surface area contributed by atoms with Crippen LogP contribution in [0.2, 0.25) is 0 Å². The first-order valence-corrected chi connectivity index (χ1v) is 6.55. The van der Waals surface area contributed by atoms with Gasteiger partial charge in [-0.3, -0.25) is 4.79 Å². The first kappa shape index (κ1) is 14.3. The smallest absolute Gasteiger partial charge is 0.303 e. The summed E-state index contributed by atoms with van der Waals surface area (Å²) in [4.78, 5) is 15.0. The quantitative estimate of drug-likeness (QED) is 0.691. The van der Waals surface area contributed by atoms with E-state index in [1.807, 2.05) is 0 Å². The molecule has 3 aromatic rings. The minimum absolute atomic E-state index is 0.0339. The number of fused-ring (bicyclic) bond motifs is 1. The van der Waals surface area contributed by atoms with E-state index in [1.54, 1.807) is 35.0 Å². The van der Waals surface area contributed by atoms with E-state index in [0.29, 0.717) is 17.7 Å². The molecule has 1 aromatic carbocycles. The van der Waals surface area contributed by atoms with Crippen LogP contribution >= 0.6 is 0 Å². The normalized spacial score (nSPS) is 11.8. The van der Waals surface area contributed by atoms with Gasteiger partial charge in [-0.05, 0) is 23.8 Å². The molecule has 3 nitrogen and oxygen atoms in total. The summed E-state index contributed by atoms with van der Waals surface area (Å²) in [5.41, 5.74) is 0.651. The van der Waals surface area contributed by atoms with Crippen LogP contribution in [0, 0.1) is 0 Å². The van der Waals surface area contributed by atoms with Crippen molar-refractivity contribution in [1.29, 1.82) is 0 Å². The molecule has 2 aromatic heterocycles. The topological polar surface area (TPSA) is 34.4 Å². The van der Waals surface area contributed by atoms with Crippen LogP contribution < -0.4 is 0 Å². The van der Waals surface area contributed by atoms with E-state index in [1.165, 1.54) is 12.1 Å². The maximum absolute atomic E-state index is 13.0. The summed E-state index contributed by atoms with van der Waals surface area (Å²) in [5.74, 6) is 0.454. The predicted molar refractivity (Wildman–Crippen MR) is 74.8 cm³/mol. The second-order valence-corrected chi connectivity index (χ2v) is 4.88. The maximum Gasteiger partial charge on any atom is 0.416 e. The van der Waals surface area contributed by atoms with E-state index in [0.717, 1.165) is 11.6 Å². The summed E-state index contributed by atoms with van der Waals surface area (Å²) in [6, 6.07) is 8.76. The third-order valence-corrected chi connectivity index (χ3v) is 3.43. The summed E-state index contributed by atoms with van der Waals surface area (Å²) in [6.45, 7) is 0. The zero-order valence-corrected chi connectivity index (χ0v) is 11.3. The number of carbonyl (C=O) groups excluding carboxylic acids is 1. The molecule has 0 aliphatic heterocycles. The molecule has 0 unspecified atom stereocenters. The van der Waals surface area contributed by atoms with Gasteiger partial charge in [0.05, 0.1) is 17.3 Å². The summed E-state index contributed by atoms with van der Waals surface area (Å²) in [7, 11) is 0. The Morgan fingerprint density at radius 3 is 2.64 bits per heavy atom. The molecule has 0 spiro atoms. The van der Waals surface area contributed by atoms with Gasteiger partial charge in [0.2, 0.25) is 0 Å². The molecule has 112 valence electrons. The van der Waals surface area contributed by atoms with Gasteiger partial charge in [0.25, 0.3) is 0 Å². The molecule has 0 bridgehead atoms. The van der Waals surface area contributed by atoms with Crippen LogP contribution in [-0.2, 0) is 12.6 Å². The third-order valence-electron chi connectivity index (χ3n) is 3.43. The number of aromatic nitrogens is 2. The fourth-order valence-electron chi connectivity index (χ4n) is 2.38. The summed E-state index contributed by atoms with van der Waals surface area (Å²) >= 11 is 0. The van der Waals surface area contributed by atoms with Crippen molar-refractivity contribution >= 4 is 11.8 Å². The molecule has 0 saturated carbocycles. The van der Waals surface area contributed by atoms with Crippen LogP contribution in [0.3, 0.4) is 0 Å². The minimum atomic E-state index is -4.41. The molecule has 0 saturated heterocycles. The molecule has 0 fully saturated rings. The van der Waals surface area contributed by atoms with Crippen molar-refractivity contribution in [2.75, 3.05) is 0 Å². The highest BCUT2D eigenvalue weighted by Crippen LogP contribution is 2.32. The zero-order valence-electron chi connectivity index (χ0n) is 11.3. The van der Waals surface area contributed by atoms with Crippen LogP contribution in [0.5, 0.6) is 0 Å². The van der Waals surface area contributed by atoms with E-state index in [4.69, 9.17) is 0 Å². The van der Waals surface area contributed by atoms with Gasteiger partial charge in [0.1, 0.15) is 5.82 Å². The van der Waals surface area contributed by atoms with Crippen LogP contribution in [0.4, 0.5) is 13.2 Å². The van der Waals surface area contributed by atoms with Crippen molar-refractivity contribution < 1.29 is 18.0 Å². The Labute approximate surface area is 124 Å². The van der Waals surface area contributed by atoms with Gasteiger partial charge in [-0.1, -0.05) is 18.2 Å². The van der Waals surface area contributed by atoms with E-state index in [-0.39, 0.29) is 12.0 Å². The van der Waals surface area contributed by atoms with Gasteiger partial charge in [-0.25, -0.2) is 4.98 Å². The Morgan fingerprint density at radius 2 is 1.91 bits per heavy atom. The number of alkyl halides is 3. The van der Waals surface area contributed by atoms with E-state index < -0.39 is 11.7 Å². The number of imidazole rings is 1. The molecular formula is C16H11F3N2O. The standard InChI is InChI=1S/C16H11F3N2O/c17-16(18,19)14-4-2-1-3-12(14)7-15-20-8-13-6-5-11(10-22)9-21(13)15/h1-6,8-10H,7H2. The molecule has 2 heterocycles. The average Bonchev–Trinajstić information content (AvgIpc) is 2.89. The Bertz CT molecular complexity index is 837. The Hall–Kier alpha value is -2.63. The molecule has 3 rings (SSSR count). The van der Waals surface area contributed by atoms with Gasteiger partial charge in [0.15, 0.2) is 6.29 Å². The van der Waals surface area contributed by atoms with Crippen molar-refractivity contribution in [2.45, 2.75) is 12.6 Å². The Kier molecular flexibility index (Phi) is 3.44. The lowest BCUT2D eigenvalue weighted by atomic mass is 10.0. The number of aldehydes is 1. The number of pyridine rings is 1. The number of carbonyl (C=O) groups is 1. The van der Waals surface area contributed by atoms with Gasteiger partial charge in [-0.15, -0.1) is 0 Å². The fourth-order valence-corrected chi connectivity index (χ4v) is 2.38. The van der Waals surface area contributed by atoms with Gasteiger partial charge < -0.3 is 4.40 Å². The third kappa shape index (κ3) is 2.59. The van der Waals surface area contributed by atoms with Crippen molar-refractivity contribution in [3.8, 4) is 0 Å². The average molecular weight is 304 g/mol. The Morgan fingerprint density at radius 1 is 1.14 bits per heavy atom. The predicted octanol–water partition coefficient (Wildman–Crippen LogP) is 3.76. The number of hydrogen-bond acceptors (Lipinski definition) is 2. The van der Waals surface area contributed by atoms with E-state index in [2.05, 4.69) is 4.98 Å². The van der Waals surface area contributed by atoms with Gasteiger partial charge >= 0.3 is 6.18 Å². The lowest BCUT2D eigenvalue weighted by Crippen LogP contribution is -2.10. The SMILES string of the molecule is O=Cc1ccc2cnc(Cc3ccccc3C(F)(F)F)n2c1. The van der Waals surface area contributed by atoms with Crippen LogP contribution in [0.1, 0.15) is 27.3 Å². The van der Waals surface area contributed by atoms with Crippen LogP contribution in [0.25, 0.3) is 5.52 Å². The highest BCUT2D eigenvalue weighted by molar-refractivity contribution is 5.75. The van der Waals surface area contributed by atoms with Gasteiger partial charge in [-0.2, -0.15) is 13.2 Å².